The second kappa shape index (κ2) is 6.47. The average Bonchev–Trinajstić information content (AvgIpc) is 2.99. The van der Waals surface area contributed by atoms with E-state index >= 15 is 0 Å². The van der Waals surface area contributed by atoms with Crippen LogP contribution in [0, 0.1) is 0 Å². The Morgan fingerprint density at radius 2 is 1.91 bits per heavy atom. The fourth-order valence-electron chi connectivity index (χ4n) is 2.34. The van der Waals surface area contributed by atoms with Crippen LogP contribution in [0.4, 0.5) is 0 Å². The Morgan fingerprint density at radius 3 is 2.74 bits per heavy atom. The molecule has 0 unspecified atom stereocenters. The second-order valence-corrected chi connectivity index (χ2v) is 6.95. The van der Waals surface area contributed by atoms with Crippen molar-refractivity contribution < 1.29 is 23.0 Å². The van der Waals surface area contributed by atoms with E-state index in [0.29, 0.717) is 30.9 Å². The van der Waals surface area contributed by atoms with E-state index in [-0.39, 0.29) is 17.4 Å². The van der Waals surface area contributed by atoms with E-state index in [0.717, 1.165) is 5.56 Å². The summed E-state index contributed by atoms with van der Waals surface area (Å²) < 4.78 is 37.4. The minimum atomic E-state index is -3.58. The van der Waals surface area contributed by atoms with E-state index in [4.69, 9.17) is 9.47 Å². The van der Waals surface area contributed by atoms with Gasteiger partial charge in [0.05, 0.1) is 4.90 Å². The van der Waals surface area contributed by atoms with Gasteiger partial charge in [-0.15, -0.1) is 0 Å². The van der Waals surface area contributed by atoms with Gasteiger partial charge in [-0.1, -0.05) is 12.1 Å². The smallest absolute Gasteiger partial charge is 0.240 e. The van der Waals surface area contributed by atoms with Crippen LogP contribution < -0.4 is 14.2 Å². The van der Waals surface area contributed by atoms with Crippen molar-refractivity contribution in [1.29, 1.82) is 0 Å². The summed E-state index contributed by atoms with van der Waals surface area (Å²) >= 11 is 0. The molecule has 2 aromatic rings. The lowest BCUT2D eigenvalue weighted by molar-refractivity contribution is 0.174. The Balaban J connectivity index is 1.57. The number of hydrogen-bond donors (Lipinski definition) is 2. The number of ether oxygens (including phenoxy) is 2. The Kier molecular flexibility index (Phi) is 4.40. The molecule has 0 atom stereocenters. The minimum Gasteiger partial charge on any atom is -0.508 e. The lowest BCUT2D eigenvalue weighted by atomic mass is 10.1. The number of nitrogens with one attached hydrogen (secondary N) is 1. The van der Waals surface area contributed by atoms with Crippen LogP contribution in [0.2, 0.25) is 0 Å². The predicted octanol–water partition coefficient (Wildman–Crippen LogP) is 2.03. The number of phenols is 1. The summed E-state index contributed by atoms with van der Waals surface area (Å²) in [4.78, 5) is 0.152. The van der Waals surface area contributed by atoms with Crippen LogP contribution in [-0.2, 0) is 16.4 Å². The number of rotatable bonds is 6. The molecule has 7 heteroatoms. The summed E-state index contributed by atoms with van der Waals surface area (Å²) in [5, 5.41) is 9.39. The second-order valence-electron chi connectivity index (χ2n) is 5.19. The van der Waals surface area contributed by atoms with E-state index in [9.17, 15) is 13.5 Å². The lowest BCUT2D eigenvalue weighted by Crippen LogP contribution is -2.25. The Labute approximate surface area is 134 Å². The molecule has 0 radical (unpaired) electrons. The maximum Gasteiger partial charge on any atom is 0.240 e. The van der Waals surface area contributed by atoms with Crippen molar-refractivity contribution >= 4 is 10.0 Å². The number of phenolic OH excluding ortho intramolecular Hbond substituents is 1. The van der Waals surface area contributed by atoms with Crippen molar-refractivity contribution in [2.75, 3.05) is 13.3 Å². The van der Waals surface area contributed by atoms with Gasteiger partial charge in [0, 0.05) is 12.6 Å². The van der Waals surface area contributed by atoms with Crippen LogP contribution in [0.5, 0.6) is 17.2 Å². The number of hydrogen-bond acceptors (Lipinski definition) is 5. The zero-order valence-electron chi connectivity index (χ0n) is 12.4. The standard InChI is InChI=1S/C16H17NO5S/c18-13-5-1-3-12(9-13)4-2-8-17-23(19,20)14-6-7-15-16(10-14)22-11-21-15/h1,3,5-7,9-10,17-18H,2,4,8,11H2. The highest BCUT2D eigenvalue weighted by molar-refractivity contribution is 7.89. The van der Waals surface area contributed by atoms with Crippen molar-refractivity contribution in [2.24, 2.45) is 0 Å². The van der Waals surface area contributed by atoms with Crippen LogP contribution in [0.15, 0.2) is 47.4 Å². The van der Waals surface area contributed by atoms with Crippen molar-refractivity contribution in [3.63, 3.8) is 0 Å². The lowest BCUT2D eigenvalue weighted by Gasteiger charge is -2.08. The zero-order chi connectivity index (χ0) is 16.3. The molecule has 6 nitrogen and oxygen atoms in total. The fourth-order valence-corrected chi connectivity index (χ4v) is 3.43. The van der Waals surface area contributed by atoms with Gasteiger partial charge in [0.1, 0.15) is 5.75 Å². The summed E-state index contributed by atoms with van der Waals surface area (Å²) in [6, 6.07) is 11.5. The molecule has 2 aromatic carbocycles. The number of aromatic hydroxyl groups is 1. The normalized spacial score (nSPS) is 13.2. The van der Waals surface area contributed by atoms with Gasteiger partial charge >= 0.3 is 0 Å². The maximum absolute atomic E-state index is 12.2. The van der Waals surface area contributed by atoms with Crippen molar-refractivity contribution in [3.8, 4) is 17.2 Å². The van der Waals surface area contributed by atoms with Gasteiger partial charge < -0.3 is 14.6 Å². The third-order valence-corrected chi connectivity index (χ3v) is 4.96. The fraction of sp³-hybridized carbons (Fsp3) is 0.250. The van der Waals surface area contributed by atoms with E-state index in [2.05, 4.69) is 4.72 Å². The summed E-state index contributed by atoms with van der Waals surface area (Å²) in [5.74, 6) is 1.20. The molecule has 1 heterocycles. The largest absolute Gasteiger partial charge is 0.508 e. The Bertz CT molecular complexity index is 804. The van der Waals surface area contributed by atoms with Crippen molar-refractivity contribution in [3.05, 3.63) is 48.0 Å². The first-order valence-electron chi connectivity index (χ1n) is 7.22. The van der Waals surface area contributed by atoms with Gasteiger partial charge in [0.2, 0.25) is 16.8 Å². The van der Waals surface area contributed by atoms with Crippen molar-refractivity contribution in [2.45, 2.75) is 17.7 Å². The molecule has 23 heavy (non-hydrogen) atoms. The monoisotopic (exact) mass is 335 g/mol. The van der Waals surface area contributed by atoms with Crippen LogP contribution >= 0.6 is 0 Å². The molecule has 122 valence electrons. The molecule has 0 aromatic heterocycles. The SMILES string of the molecule is O=S(=O)(NCCCc1cccc(O)c1)c1ccc2c(c1)OCO2. The molecular formula is C16H17NO5S. The molecule has 0 saturated carbocycles. The van der Waals surface area contributed by atoms with Crippen LogP contribution in [-0.4, -0.2) is 26.9 Å². The molecule has 3 rings (SSSR count). The van der Waals surface area contributed by atoms with E-state index in [1.807, 2.05) is 6.07 Å². The van der Waals surface area contributed by atoms with Gasteiger partial charge in [-0.2, -0.15) is 0 Å². The van der Waals surface area contributed by atoms with Crippen LogP contribution in [0.1, 0.15) is 12.0 Å². The number of sulfonamides is 1. The maximum atomic E-state index is 12.2. The molecule has 2 N–H and O–H groups in total. The molecule has 0 spiro atoms. The van der Waals surface area contributed by atoms with Crippen LogP contribution in [0.25, 0.3) is 0 Å². The first-order chi connectivity index (χ1) is 11.0. The molecule has 1 aliphatic rings. The van der Waals surface area contributed by atoms with Gasteiger partial charge in [0.25, 0.3) is 0 Å². The molecular weight excluding hydrogens is 318 g/mol. The minimum absolute atomic E-state index is 0.107. The summed E-state index contributed by atoms with van der Waals surface area (Å²) in [6.07, 6.45) is 1.31. The zero-order valence-corrected chi connectivity index (χ0v) is 13.2. The first kappa shape index (κ1) is 15.6. The van der Waals surface area contributed by atoms with Gasteiger partial charge in [0.15, 0.2) is 11.5 Å². The Morgan fingerprint density at radius 1 is 1.09 bits per heavy atom. The molecule has 0 amide bonds. The van der Waals surface area contributed by atoms with Gasteiger partial charge in [-0.3, -0.25) is 0 Å². The van der Waals surface area contributed by atoms with E-state index < -0.39 is 10.0 Å². The quantitative estimate of drug-likeness (QED) is 0.789. The predicted molar refractivity (Wildman–Crippen MR) is 84.2 cm³/mol. The van der Waals surface area contributed by atoms with Crippen LogP contribution in [0.3, 0.4) is 0 Å². The highest BCUT2D eigenvalue weighted by Gasteiger charge is 2.19. The highest BCUT2D eigenvalue weighted by atomic mass is 32.2. The van der Waals surface area contributed by atoms with Crippen molar-refractivity contribution in [1.82, 2.24) is 4.72 Å². The number of benzene rings is 2. The average molecular weight is 335 g/mol. The topological polar surface area (TPSA) is 84.9 Å². The number of fused-ring (bicyclic) bond motifs is 1. The first-order valence-corrected chi connectivity index (χ1v) is 8.70. The Hall–Kier alpha value is -2.25. The summed E-state index contributed by atoms with van der Waals surface area (Å²) in [5.41, 5.74) is 0.965. The molecule has 0 saturated heterocycles. The summed E-state index contributed by atoms with van der Waals surface area (Å²) in [6.45, 7) is 0.419. The number of aryl methyl sites for hydroxylation is 1. The van der Waals surface area contributed by atoms with E-state index in [1.165, 1.54) is 12.1 Å². The molecule has 0 bridgehead atoms. The summed E-state index contributed by atoms with van der Waals surface area (Å²) in [7, 11) is -3.58. The molecule has 1 aliphatic heterocycles. The van der Waals surface area contributed by atoms with E-state index in [1.54, 1.807) is 24.3 Å². The molecule has 0 fully saturated rings. The molecule has 0 aliphatic carbocycles. The third kappa shape index (κ3) is 3.75. The third-order valence-electron chi connectivity index (χ3n) is 3.50. The van der Waals surface area contributed by atoms with Gasteiger partial charge in [-0.25, -0.2) is 13.1 Å². The van der Waals surface area contributed by atoms with Gasteiger partial charge in [-0.05, 0) is 42.7 Å². The highest BCUT2D eigenvalue weighted by Crippen LogP contribution is 2.33.